The van der Waals surface area contributed by atoms with Crippen molar-refractivity contribution in [2.24, 2.45) is 0 Å². The van der Waals surface area contributed by atoms with Crippen LogP contribution in [0.15, 0.2) is 0 Å². The molecule has 1 N–H and O–H groups in total. The molecule has 0 spiro atoms. The molecule has 0 radical (unpaired) electrons. The van der Waals surface area contributed by atoms with Crippen LogP contribution in [0.3, 0.4) is 0 Å². The van der Waals surface area contributed by atoms with Gasteiger partial charge in [-0.15, -0.1) is 0 Å². The third kappa shape index (κ3) is 3.97. The normalized spacial score (nSPS) is 26.8. The van der Waals surface area contributed by atoms with Gasteiger partial charge in [0, 0.05) is 0 Å². The molecule has 104 valence electrons. The minimum atomic E-state index is -1.06. The van der Waals surface area contributed by atoms with Crippen LogP contribution in [-0.2, 0) is 9.31 Å². The van der Waals surface area contributed by atoms with Crippen LogP contribution >= 0.6 is 0 Å². The molecular weight excluding hydrogens is 227 g/mol. The summed E-state index contributed by atoms with van der Waals surface area (Å²) in [6.45, 7) is 4.20. The number of hydrogen-bond acceptors (Lipinski definition) is 3. The molecule has 0 aromatic rings. The fourth-order valence-corrected chi connectivity index (χ4v) is 3.35. The van der Waals surface area contributed by atoms with Crippen molar-refractivity contribution in [1.82, 2.24) is 0 Å². The molecule has 2 saturated carbocycles. The van der Waals surface area contributed by atoms with Gasteiger partial charge in [-0.05, 0) is 39.5 Å². The first-order chi connectivity index (χ1) is 8.52. The lowest BCUT2D eigenvalue weighted by Gasteiger charge is -2.38. The molecule has 2 aliphatic carbocycles. The summed E-state index contributed by atoms with van der Waals surface area (Å²) in [7, 11) is -1.06. The molecule has 0 heterocycles. The molecule has 0 aromatic heterocycles. The summed E-state index contributed by atoms with van der Waals surface area (Å²) in [6.07, 6.45) is 11.5. The van der Waals surface area contributed by atoms with Crippen molar-refractivity contribution in [2.45, 2.75) is 89.3 Å². The Morgan fingerprint density at radius 3 is 1.39 bits per heavy atom. The van der Waals surface area contributed by atoms with Crippen LogP contribution in [0.2, 0.25) is 0 Å². The Labute approximate surface area is 111 Å². The predicted octanol–water partition coefficient (Wildman–Crippen LogP) is 3.44. The van der Waals surface area contributed by atoms with Crippen LogP contribution < -0.4 is 0 Å². The van der Waals surface area contributed by atoms with Gasteiger partial charge < -0.3 is 14.3 Å². The summed E-state index contributed by atoms with van der Waals surface area (Å²) in [4.78, 5) is 0. The molecule has 0 aliphatic heterocycles. The standard InChI is InChI=1S/C14H27BO3/c1-13(9-5-3-6-10-13)17-15(16)18-14(2)11-7-4-8-12-14/h16H,3-12H2,1-2H3. The average molecular weight is 254 g/mol. The van der Waals surface area contributed by atoms with Crippen LogP contribution in [-0.4, -0.2) is 23.5 Å². The van der Waals surface area contributed by atoms with Crippen molar-refractivity contribution >= 4 is 7.32 Å². The summed E-state index contributed by atoms with van der Waals surface area (Å²) in [6, 6.07) is 0. The van der Waals surface area contributed by atoms with Crippen LogP contribution in [0.1, 0.15) is 78.1 Å². The average Bonchev–Trinajstić information content (AvgIpc) is 2.29. The quantitative estimate of drug-likeness (QED) is 0.781. The molecule has 4 heteroatoms. The lowest BCUT2D eigenvalue weighted by atomic mass is 9.84. The predicted molar refractivity (Wildman–Crippen MR) is 73.1 cm³/mol. The van der Waals surface area contributed by atoms with Gasteiger partial charge in [0.25, 0.3) is 0 Å². The molecule has 3 nitrogen and oxygen atoms in total. The van der Waals surface area contributed by atoms with E-state index in [4.69, 9.17) is 9.31 Å². The molecule has 0 bridgehead atoms. The highest BCUT2D eigenvalue weighted by atomic mass is 16.7. The molecule has 0 atom stereocenters. The third-order valence-electron chi connectivity index (χ3n) is 4.59. The van der Waals surface area contributed by atoms with E-state index < -0.39 is 7.32 Å². The van der Waals surface area contributed by atoms with Crippen molar-refractivity contribution in [3.05, 3.63) is 0 Å². The summed E-state index contributed by atoms with van der Waals surface area (Å²) in [5.41, 5.74) is -0.384. The zero-order valence-corrected chi connectivity index (χ0v) is 11.9. The first-order valence-electron chi connectivity index (χ1n) is 7.55. The van der Waals surface area contributed by atoms with Crippen LogP contribution in [0, 0.1) is 0 Å². The minimum absolute atomic E-state index is 0.192. The largest absolute Gasteiger partial charge is 0.637 e. The first-order valence-corrected chi connectivity index (χ1v) is 7.55. The van der Waals surface area contributed by atoms with E-state index in [9.17, 15) is 5.02 Å². The first kappa shape index (κ1) is 14.4. The van der Waals surface area contributed by atoms with E-state index in [0.29, 0.717) is 0 Å². The Kier molecular flexibility index (Phi) is 4.73. The molecule has 2 fully saturated rings. The van der Waals surface area contributed by atoms with E-state index in [1.807, 2.05) is 0 Å². The van der Waals surface area contributed by atoms with Crippen LogP contribution in [0.5, 0.6) is 0 Å². The fourth-order valence-electron chi connectivity index (χ4n) is 3.35. The number of hydrogen-bond donors (Lipinski definition) is 1. The Balaban J connectivity index is 1.81. The summed E-state index contributed by atoms with van der Waals surface area (Å²) < 4.78 is 11.6. The molecular formula is C14H27BO3. The van der Waals surface area contributed by atoms with Gasteiger partial charge in [0.05, 0.1) is 11.2 Å². The molecule has 2 rings (SSSR count). The maximum atomic E-state index is 10.0. The van der Waals surface area contributed by atoms with Gasteiger partial charge in [0.1, 0.15) is 0 Å². The second-order valence-corrected chi connectivity index (χ2v) is 6.56. The fraction of sp³-hybridized carbons (Fsp3) is 1.00. The van der Waals surface area contributed by atoms with Crippen molar-refractivity contribution in [3.63, 3.8) is 0 Å². The molecule has 0 saturated heterocycles. The Morgan fingerprint density at radius 1 is 0.722 bits per heavy atom. The van der Waals surface area contributed by atoms with Gasteiger partial charge in [-0.2, -0.15) is 0 Å². The van der Waals surface area contributed by atoms with Crippen molar-refractivity contribution in [1.29, 1.82) is 0 Å². The zero-order valence-electron chi connectivity index (χ0n) is 11.9. The van der Waals surface area contributed by atoms with Gasteiger partial charge in [-0.25, -0.2) is 0 Å². The SMILES string of the molecule is CC1(OB(O)OC2(C)CCCCC2)CCCCC1. The zero-order chi connectivity index (χ0) is 13.1. The highest BCUT2D eigenvalue weighted by Crippen LogP contribution is 2.34. The smallest absolute Gasteiger partial charge is 0.402 e. The summed E-state index contributed by atoms with van der Waals surface area (Å²) >= 11 is 0. The summed E-state index contributed by atoms with van der Waals surface area (Å²) in [5, 5.41) is 10.0. The van der Waals surface area contributed by atoms with Crippen molar-refractivity contribution < 1.29 is 14.3 Å². The summed E-state index contributed by atoms with van der Waals surface area (Å²) in [5.74, 6) is 0. The van der Waals surface area contributed by atoms with Gasteiger partial charge >= 0.3 is 7.32 Å². The van der Waals surface area contributed by atoms with E-state index in [1.165, 1.54) is 38.5 Å². The molecule has 18 heavy (non-hydrogen) atoms. The van der Waals surface area contributed by atoms with E-state index in [2.05, 4.69) is 13.8 Å². The van der Waals surface area contributed by atoms with Gasteiger partial charge in [-0.3, -0.25) is 0 Å². The van der Waals surface area contributed by atoms with Crippen LogP contribution in [0.25, 0.3) is 0 Å². The highest BCUT2D eigenvalue weighted by molar-refractivity contribution is 6.34. The van der Waals surface area contributed by atoms with Crippen molar-refractivity contribution in [3.8, 4) is 0 Å². The molecule has 0 aromatic carbocycles. The van der Waals surface area contributed by atoms with E-state index in [-0.39, 0.29) is 11.2 Å². The third-order valence-corrected chi connectivity index (χ3v) is 4.59. The maximum absolute atomic E-state index is 10.0. The topological polar surface area (TPSA) is 38.7 Å². The lowest BCUT2D eigenvalue weighted by Crippen LogP contribution is -2.45. The minimum Gasteiger partial charge on any atom is -0.402 e. The van der Waals surface area contributed by atoms with E-state index in [0.717, 1.165) is 25.7 Å². The Morgan fingerprint density at radius 2 is 1.06 bits per heavy atom. The van der Waals surface area contributed by atoms with Crippen LogP contribution in [0.4, 0.5) is 0 Å². The van der Waals surface area contributed by atoms with Gasteiger partial charge in [0.2, 0.25) is 0 Å². The Bertz CT molecular complexity index is 232. The van der Waals surface area contributed by atoms with Crippen molar-refractivity contribution in [2.75, 3.05) is 0 Å². The second-order valence-electron chi connectivity index (χ2n) is 6.56. The molecule has 0 unspecified atom stereocenters. The van der Waals surface area contributed by atoms with Gasteiger partial charge in [0.15, 0.2) is 0 Å². The highest BCUT2D eigenvalue weighted by Gasteiger charge is 2.38. The monoisotopic (exact) mass is 254 g/mol. The Hall–Kier alpha value is -0.0551. The van der Waals surface area contributed by atoms with Gasteiger partial charge in [-0.1, -0.05) is 38.5 Å². The number of rotatable bonds is 4. The molecule has 2 aliphatic rings. The van der Waals surface area contributed by atoms with E-state index in [1.54, 1.807) is 0 Å². The second kappa shape index (κ2) is 5.93. The lowest BCUT2D eigenvalue weighted by molar-refractivity contribution is -0.0558. The molecule has 0 amide bonds. The maximum Gasteiger partial charge on any atom is 0.637 e. The van der Waals surface area contributed by atoms with E-state index >= 15 is 0 Å².